The van der Waals surface area contributed by atoms with Crippen LogP contribution < -0.4 is 10.2 Å². The van der Waals surface area contributed by atoms with Crippen molar-refractivity contribution in [1.29, 1.82) is 0 Å². The topological polar surface area (TPSA) is 55.9 Å². The van der Waals surface area contributed by atoms with Gasteiger partial charge in [0.15, 0.2) is 0 Å². The summed E-state index contributed by atoms with van der Waals surface area (Å²) in [6.07, 6.45) is 2.30. The number of nitrogens with zero attached hydrogens (tertiary/aromatic N) is 3. The second-order valence-corrected chi connectivity index (χ2v) is 8.47. The highest BCUT2D eigenvalue weighted by atomic mass is 35.5. The lowest BCUT2D eigenvalue weighted by atomic mass is 9.92. The van der Waals surface area contributed by atoms with Crippen molar-refractivity contribution in [3.63, 3.8) is 0 Å². The SMILES string of the molecule is Cl.O=C1NC2(CCc3ccccc32)C(=O)N1CCCN1CCN(c2ccccc2)CC1. The molecule has 1 unspecified atom stereocenters. The van der Waals surface area contributed by atoms with Crippen LogP contribution in [0.2, 0.25) is 0 Å². The summed E-state index contributed by atoms with van der Waals surface area (Å²) in [4.78, 5) is 32.1. The Morgan fingerprint density at radius 3 is 2.35 bits per heavy atom. The fourth-order valence-electron chi connectivity index (χ4n) is 5.11. The Hall–Kier alpha value is -2.57. The number of carbonyl (C=O) groups is 2. The van der Waals surface area contributed by atoms with Gasteiger partial charge in [-0.15, -0.1) is 12.4 Å². The van der Waals surface area contributed by atoms with E-state index in [1.54, 1.807) is 0 Å². The van der Waals surface area contributed by atoms with Crippen molar-refractivity contribution in [2.75, 3.05) is 44.2 Å². The van der Waals surface area contributed by atoms with Crippen LogP contribution in [-0.2, 0) is 16.8 Å². The van der Waals surface area contributed by atoms with Gasteiger partial charge in [-0.3, -0.25) is 14.6 Å². The molecule has 0 saturated carbocycles. The van der Waals surface area contributed by atoms with Crippen molar-refractivity contribution in [3.05, 3.63) is 65.7 Å². The van der Waals surface area contributed by atoms with Gasteiger partial charge in [0.1, 0.15) is 5.54 Å². The van der Waals surface area contributed by atoms with E-state index in [-0.39, 0.29) is 24.3 Å². The number of para-hydroxylation sites is 1. The van der Waals surface area contributed by atoms with E-state index < -0.39 is 5.54 Å². The van der Waals surface area contributed by atoms with Crippen LogP contribution in [0, 0.1) is 0 Å². The molecule has 164 valence electrons. The van der Waals surface area contributed by atoms with Gasteiger partial charge in [-0.05, 0) is 49.1 Å². The number of urea groups is 1. The van der Waals surface area contributed by atoms with Crippen LogP contribution in [0.1, 0.15) is 24.0 Å². The lowest BCUT2D eigenvalue weighted by Gasteiger charge is -2.36. The lowest BCUT2D eigenvalue weighted by Crippen LogP contribution is -2.47. The first kappa shape index (κ1) is 21.7. The van der Waals surface area contributed by atoms with E-state index in [9.17, 15) is 9.59 Å². The maximum atomic E-state index is 13.2. The van der Waals surface area contributed by atoms with Crippen molar-refractivity contribution in [1.82, 2.24) is 15.1 Å². The van der Waals surface area contributed by atoms with Gasteiger partial charge in [0.2, 0.25) is 0 Å². The van der Waals surface area contributed by atoms with Gasteiger partial charge in [0.25, 0.3) is 5.91 Å². The first-order valence-electron chi connectivity index (χ1n) is 10.9. The second kappa shape index (κ2) is 8.89. The summed E-state index contributed by atoms with van der Waals surface area (Å²) >= 11 is 0. The van der Waals surface area contributed by atoms with E-state index >= 15 is 0 Å². The quantitative estimate of drug-likeness (QED) is 0.726. The summed E-state index contributed by atoms with van der Waals surface area (Å²) in [5.41, 5.74) is 2.58. The Morgan fingerprint density at radius 1 is 0.871 bits per heavy atom. The highest BCUT2D eigenvalue weighted by Gasteiger charge is 2.54. The molecule has 5 rings (SSSR count). The Labute approximate surface area is 189 Å². The van der Waals surface area contributed by atoms with Crippen molar-refractivity contribution < 1.29 is 9.59 Å². The minimum Gasteiger partial charge on any atom is -0.369 e. The van der Waals surface area contributed by atoms with Crippen LogP contribution in [0.15, 0.2) is 54.6 Å². The van der Waals surface area contributed by atoms with E-state index in [0.717, 1.165) is 51.1 Å². The van der Waals surface area contributed by atoms with Crippen LogP contribution in [-0.4, -0.2) is 61.0 Å². The van der Waals surface area contributed by atoms with Crippen molar-refractivity contribution in [3.8, 4) is 0 Å². The third kappa shape index (κ3) is 3.90. The van der Waals surface area contributed by atoms with Crippen LogP contribution in [0.4, 0.5) is 10.5 Å². The third-order valence-corrected chi connectivity index (χ3v) is 6.77. The van der Waals surface area contributed by atoms with E-state index in [1.165, 1.54) is 16.2 Å². The molecule has 0 aromatic heterocycles. The zero-order chi connectivity index (χ0) is 20.6. The summed E-state index contributed by atoms with van der Waals surface area (Å²) in [6, 6.07) is 18.3. The molecule has 2 heterocycles. The highest BCUT2D eigenvalue weighted by Crippen LogP contribution is 2.41. The molecule has 7 heteroatoms. The number of piperazine rings is 1. The molecule has 2 saturated heterocycles. The number of nitrogens with one attached hydrogen (secondary N) is 1. The number of rotatable bonds is 5. The van der Waals surface area contributed by atoms with Gasteiger partial charge in [0.05, 0.1) is 0 Å². The average Bonchev–Trinajstić information content (AvgIpc) is 3.28. The number of anilines is 1. The molecule has 1 spiro atoms. The maximum Gasteiger partial charge on any atom is 0.325 e. The Bertz CT molecular complexity index is 946. The number of hydrogen-bond acceptors (Lipinski definition) is 4. The molecular weight excluding hydrogens is 412 g/mol. The maximum absolute atomic E-state index is 13.2. The summed E-state index contributed by atoms with van der Waals surface area (Å²) in [5, 5.41) is 3.01. The van der Waals surface area contributed by atoms with Gasteiger partial charge < -0.3 is 10.2 Å². The fourth-order valence-corrected chi connectivity index (χ4v) is 5.11. The minimum absolute atomic E-state index is 0. The molecule has 6 nitrogen and oxygen atoms in total. The number of hydrogen-bond donors (Lipinski definition) is 1. The molecule has 1 aliphatic carbocycles. The standard InChI is InChI=1S/C24H28N4O2.ClH/c29-22-24(12-11-19-7-4-5-10-21(19)24)25-23(30)28(22)14-6-13-26-15-17-27(18-16-26)20-8-2-1-3-9-20;/h1-5,7-10H,6,11-18H2,(H,25,30);1H. The highest BCUT2D eigenvalue weighted by molar-refractivity contribution is 6.08. The monoisotopic (exact) mass is 440 g/mol. The van der Waals surface area contributed by atoms with Gasteiger partial charge in [-0.1, -0.05) is 42.5 Å². The number of fused-ring (bicyclic) bond motifs is 2. The first-order chi connectivity index (χ1) is 14.7. The van der Waals surface area contributed by atoms with Gasteiger partial charge in [-0.25, -0.2) is 4.79 Å². The van der Waals surface area contributed by atoms with Gasteiger partial charge in [-0.2, -0.15) is 0 Å². The number of aryl methyl sites for hydroxylation is 1. The zero-order valence-electron chi connectivity index (χ0n) is 17.6. The van der Waals surface area contributed by atoms with E-state index in [4.69, 9.17) is 0 Å². The molecule has 3 amide bonds. The smallest absolute Gasteiger partial charge is 0.325 e. The number of halogens is 1. The van der Waals surface area contributed by atoms with Crippen molar-refractivity contribution >= 4 is 30.0 Å². The fraction of sp³-hybridized carbons (Fsp3) is 0.417. The van der Waals surface area contributed by atoms with E-state index in [2.05, 4.69) is 45.4 Å². The number of benzene rings is 2. The van der Waals surface area contributed by atoms with Crippen LogP contribution >= 0.6 is 12.4 Å². The van der Waals surface area contributed by atoms with Crippen LogP contribution in [0.25, 0.3) is 0 Å². The largest absolute Gasteiger partial charge is 0.369 e. The zero-order valence-corrected chi connectivity index (χ0v) is 18.4. The molecule has 2 fully saturated rings. The van der Waals surface area contributed by atoms with E-state index in [1.807, 2.05) is 24.3 Å². The second-order valence-electron chi connectivity index (χ2n) is 8.47. The van der Waals surface area contributed by atoms with Crippen molar-refractivity contribution in [2.24, 2.45) is 0 Å². The Balaban J connectivity index is 0.00000231. The Morgan fingerprint density at radius 2 is 1.58 bits per heavy atom. The average molecular weight is 441 g/mol. The summed E-state index contributed by atoms with van der Waals surface area (Å²) in [5.74, 6) is -0.0775. The molecule has 2 aliphatic heterocycles. The first-order valence-corrected chi connectivity index (χ1v) is 10.9. The van der Waals surface area contributed by atoms with E-state index in [0.29, 0.717) is 13.0 Å². The predicted octanol–water partition coefficient (Wildman–Crippen LogP) is 3.01. The molecule has 0 radical (unpaired) electrons. The molecular formula is C24H29ClN4O2. The lowest BCUT2D eigenvalue weighted by molar-refractivity contribution is -0.131. The molecule has 1 atom stereocenters. The molecule has 3 aliphatic rings. The summed E-state index contributed by atoms with van der Waals surface area (Å²) in [7, 11) is 0. The normalized spacial score (nSPS) is 23.1. The summed E-state index contributed by atoms with van der Waals surface area (Å²) in [6.45, 7) is 5.41. The molecule has 0 bridgehead atoms. The molecule has 1 N–H and O–H groups in total. The predicted molar refractivity (Wildman–Crippen MR) is 124 cm³/mol. The number of amides is 3. The Kier molecular flexibility index (Phi) is 6.21. The molecule has 2 aromatic carbocycles. The minimum atomic E-state index is -0.838. The molecule has 31 heavy (non-hydrogen) atoms. The van der Waals surface area contributed by atoms with Crippen molar-refractivity contribution in [2.45, 2.75) is 24.8 Å². The summed E-state index contributed by atoms with van der Waals surface area (Å²) < 4.78 is 0. The van der Waals surface area contributed by atoms with Crippen LogP contribution in [0.3, 0.4) is 0 Å². The number of imide groups is 1. The van der Waals surface area contributed by atoms with Gasteiger partial charge >= 0.3 is 6.03 Å². The van der Waals surface area contributed by atoms with Gasteiger partial charge in [0, 0.05) is 38.4 Å². The third-order valence-electron chi connectivity index (χ3n) is 6.77. The molecule has 2 aromatic rings. The van der Waals surface area contributed by atoms with Crippen LogP contribution in [0.5, 0.6) is 0 Å². The number of carbonyl (C=O) groups excluding carboxylic acids is 2.